The Labute approximate surface area is 98.3 Å². The highest BCUT2D eigenvalue weighted by Crippen LogP contribution is 2.34. The van der Waals surface area contributed by atoms with Gasteiger partial charge < -0.3 is 10.5 Å². The van der Waals surface area contributed by atoms with E-state index in [-0.39, 0.29) is 16.4 Å². The van der Waals surface area contributed by atoms with Crippen molar-refractivity contribution in [1.82, 2.24) is 0 Å². The van der Waals surface area contributed by atoms with Crippen LogP contribution in [0.4, 0.5) is 11.4 Å². The second-order valence-electron chi connectivity index (χ2n) is 3.80. The number of nitrogen functional groups attached to an aromatic ring is 1. The van der Waals surface area contributed by atoms with Gasteiger partial charge in [-0.1, -0.05) is 25.4 Å². The molecule has 0 saturated carbocycles. The average molecular weight is 245 g/mol. The van der Waals surface area contributed by atoms with Crippen molar-refractivity contribution in [3.63, 3.8) is 0 Å². The Morgan fingerprint density at radius 2 is 2.19 bits per heavy atom. The molecule has 0 aliphatic carbocycles. The summed E-state index contributed by atoms with van der Waals surface area (Å²) in [5, 5.41) is 10.8. The molecule has 0 spiro atoms. The first-order chi connectivity index (χ1) is 7.41. The summed E-state index contributed by atoms with van der Waals surface area (Å²) in [4.78, 5) is 10.0. The van der Waals surface area contributed by atoms with Crippen LogP contribution in [0, 0.1) is 16.0 Å². The van der Waals surface area contributed by atoms with Gasteiger partial charge in [0, 0.05) is 12.1 Å². The van der Waals surface area contributed by atoms with Crippen molar-refractivity contribution in [2.75, 3.05) is 12.3 Å². The van der Waals surface area contributed by atoms with Gasteiger partial charge in [-0.25, -0.2) is 0 Å². The van der Waals surface area contributed by atoms with E-state index >= 15 is 0 Å². The van der Waals surface area contributed by atoms with Crippen LogP contribution >= 0.6 is 11.6 Å². The van der Waals surface area contributed by atoms with E-state index in [0.717, 1.165) is 0 Å². The number of rotatable bonds is 4. The van der Waals surface area contributed by atoms with Crippen LogP contribution < -0.4 is 10.5 Å². The minimum Gasteiger partial charge on any atom is -0.492 e. The van der Waals surface area contributed by atoms with Crippen LogP contribution in [0.3, 0.4) is 0 Å². The Kier molecular flexibility index (Phi) is 3.95. The molecule has 0 aliphatic heterocycles. The largest absolute Gasteiger partial charge is 0.492 e. The first-order valence-corrected chi connectivity index (χ1v) is 5.15. The van der Waals surface area contributed by atoms with Gasteiger partial charge in [0.05, 0.1) is 16.6 Å². The Morgan fingerprint density at radius 1 is 1.56 bits per heavy atom. The molecule has 1 rings (SSSR count). The molecule has 0 heterocycles. The Bertz CT molecular complexity index is 407. The van der Waals surface area contributed by atoms with Crippen molar-refractivity contribution in [2.45, 2.75) is 13.8 Å². The van der Waals surface area contributed by atoms with E-state index < -0.39 is 4.92 Å². The molecule has 1 aromatic carbocycles. The van der Waals surface area contributed by atoms with Gasteiger partial charge in [0.25, 0.3) is 5.69 Å². The SMILES string of the molecule is CC(C)COc1cc(N)c([N+](=O)[O-])cc1Cl. The minimum absolute atomic E-state index is 0.0492. The molecule has 0 atom stereocenters. The van der Waals surface area contributed by atoms with Gasteiger partial charge >= 0.3 is 0 Å². The van der Waals surface area contributed by atoms with Crippen molar-refractivity contribution in [3.8, 4) is 5.75 Å². The van der Waals surface area contributed by atoms with Crippen molar-refractivity contribution in [1.29, 1.82) is 0 Å². The fourth-order valence-electron chi connectivity index (χ4n) is 1.08. The lowest BCUT2D eigenvalue weighted by Crippen LogP contribution is -2.05. The van der Waals surface area contributed by atoms with Crippen LogP contribution in [0.2, 0.25) is 5.02 Å². The van der Waals surface area contributed by atoms with Crippen molar-refractivity contribution in [2.24, 2.45) is 5.92 Å². The summed E-state index contributed by atoms with van der Waals surface area (Å²) in [6.45, 7) is 4.46. The summed E-state index contributed by atoms with van der Waals surface area (Å²) < 4.78 is 5.38. The molecule has 2 N–H and O–H groups in total. The zero-order valence-electron chi connectivity index (χ0n) is 9.07. The summed E-state index contributed by atoms with van der Waals surface area (Å²) in [7, 11) is 0. The molecule has 88 valence electrons. The highest BCUT2D eigenvalue weighted by atomic mass is 35.5. The van der Waals surface area contributed by atoms with Gasteiger partial charge in [0.2, 0.25) is 0 Å². The Morgan fingerprint density at radius 3 is 2.69 bits per heavy atom. The molecule has 0 unspecified atom stereocenters. The smallest absolute Gasteiger partial charge is 0.293 e. The van der Waals surface area contributed by atoms with E-state index in [0.29, 0.717) is 18.3 Å². The lowest BCUT2D eigenvalue weighted by atomic mass is 10.2. The minimum atomic E-state index is -0.576. The standard InChI is InChI=1S/C10H13ClN2O3/c1-6(2)5-16-10-4-8(12)9(13(14)15)3-7(10)11/h3-4,6H,5,12H2,1-2H3. The number of hydrogen-bond donors (Lipinski definition) is 1. The average Bonchev–Trinajstić information content (AvgIpc) is 2.18. The van der Waals surface area contributed by atoms with Gasteiger partial charge in [-0.3, -0.25) is 10.1 Å². The predicted molar refractivity (Wildman–Crippen MR) is 62.9 cm³/mol. The van der Waals surface area contributed by atoms with E-state index in [2.05, 4.69) is 0 Å². The third kappa shape index (κ3) is 3.00. The van der Waals surface area contributed by atoms with Crippen LogP contribution in [-0.2, 0) is 0 Å². The Hall–Kier alpha value is -1.49. The summed E-state index contributed by atoms with van der Waals surface area (Å²) in [5.74, 6) is 0.714. The maximum atomic E-state index is 10.6. The number of benzene rings is 1. The van der Waals surface area contributed by atoms with Crippen molar-refractivity contribution >= 4 is 23.0 Å². The van der Waals surface area contributed by atoms with E-state index in [1.54, 1.807) is 0 Å². The number of nitrogens with two attached hydrogens (primary N) is 1. The molecule has 5 nitrogen and oxygen atoms in total. The van der Waals surface area contributed by atoms with E-state index in [9.17, 15) is 10.1 Å². The summed E-state index contributed by atoms with van der Waals surface area (Å²) in [5.41, 5.74) is 5.36. The van der Waals surface area contributed by atoms with Crippen LogP contribution in [-0.4, -0.2) is 11.5 Å². The molecule has 0 saturated heterocycles. The number of hydrogen-bond acceptors (Lipinski definition) is 4. The summed E-state index contributed by atoms with van der Waals surface area (Å²) >= 11 is 5.84. The van der Waals surface area contributed by atoms with Crippen LogP contribution in [0.5, 0.6) is 5.75 Å². The van der Waals surface area contributed by atoms with Crippen molar-refractivity contribution < 1.29 is 9.66 Å². The van der Waals surface area contributed by atoms with Gasteiger partial charge in [0.1, 0.15) is 11.4 Å². The lowest BCUT2D eigenvalue weighted by Gasteiger charge is -2.10. The van der Waals surface area contributed by atoms with E-state index in [4.69, 9.17) is 22.1 Å². The highest BCUT2D eigenvalue weighted by molar-refractivity contribution is 6.32. The predicted octanol–water partition coefficient (Wildman–Crippen LogP) is 2.87. The van der Waals surface area contributed by atoms with E-state index in [1.165, 1.54) is 12.1 Å². The first-order valence-electron chi connectivity index (χ1n) is 4.78. The van der Waals surface area contributed by atoms with E-state index in [1.807, 2.05) is 13.8 Å². The maximum absolute atomic E-state index is 10.6. The summed E-state index contributed by atoms with van der Waals surface area (Å²) in [6.07, 6.45) is 0. The molecule has 0 aromatic heterocycles. The lowest BCUT2D eigenvalue weighted by molar-refractivity contribution is -0.383. The molecule has 0 fully saturated rings. The van der Waals surface area contributed by atoms with Crippen molar-refractivity contribution in [3.05, 3.63) is 27.3 Å². The maximum Gasteiger partial charge on any atom is 0.293 e. The van der Waals surface area contributed by atoms with Gasteiger partial charge in [-0.05, 0) is 5.92 Å². The zero-order valence-corrected chi connectivity index (χ0v) is 9.82. The van der Waals surface area contributed by atoms with Gasteiger partial charge in [-0.15, -0.1) is 0 Å². The molecule has 0 aliphatic rings. The molecule has 16 heavy (non-hydrogen) atoms. The first kappa shape index (κ1) is 12.6. The number of halogens is 1. The third-order valence-corrected chi connectivity index (χ3v) is 2.15. The van der Waals surface area contributed by atoms with Gasteiger partial charge in [-0.2, -0.15) is 0 Å². The number of nitrogens with zero attached hydrogens (tertiary/aromatic N) is 1. The highest BCUT2D eigenvalue weighted by Gasteiger charge is 2.16. The quantitative estimate of drug-likeness (QED) is 0.502. The second-order valence-corrected chi connectivity index (χ2v) is 4.21. The summed E-state index contributed by atoms with van der Waals surface area (Å²) in [6, 6.07) is 2.58. The van der Waals surface area contributed by atoms with Crippen LogP contribution in [0.1, 0.15) is 13.8 Å². The third-order valence-electron chi connectivity index (χ3n) is 1.85. The number of nitro groups is 1. The topological polar surface area (TPSA) is 78.4 Å². The number of nitro benzene ring substituents is 1. The normalized spacial score (nSPS) is 10.5. The zero-order chi connectivity index (χ0) is 12.3. The second kappa shape index (κ2) is 5.03. The molecule has 0 radical (unpaired) electrons. The van der Waals surface area contributed by atoms with Gasteiger partial charge in [0.15, 0.2) is 0 Å². The molecular formula is C10H13ClN2O3. The molecule has 1 aromatic rings. The number of ether oxygens (including phenoxy) is 1. The van der Waals surface area contributed by atoms with Crippen LogP contribution in [0.25, 0.3) is 0 Å². The Balaban J connectivity index is 2.96. The van der Waals surface area contributed by atoms with Crippen LogP contribution in [0.15, 0.2) is 12.1 Å². The number of anilines is 1. The molecule has 0 amide bonds. The molecular weight excluding hydrogens is 232 g/mol. The molecule has 6 heteroatoms. The fraction of sp³-hybridized carbons (Fsp3) is 0.400. The fourth-order valence-corrected chi connectivity index (χ4v) is 1.30. The molecule has 0 bridgehead atoms. The monoisotopic (exact) mass is 244 g/mol.